The zero-order chi connectivity index (χ0) is 30.0. The SMILES string of the molecule is CCCNC(=O)C(C)N(Cc1ccc(F)cc1)C(=O)CN(c1ccc(OCC)cc1)S(=O)(=O)c1ccc(SC)cc1. The van der Waals surface area contributed by atoms with E-state index in [9.17, 15) is 22.4 Å². The first-order valence-electron chi connectivity index (χ1n) is 13.3. The largest absolute Gasteiger partial charge is 0.494 e. The molecule has 2 amide bonds. The van der Waals surface area contributed by atoms with Crippen LogP contribution in [-0.4, -0.2) is 57.1 Å². The summed E-state index contributed by atoms with van der Waals surface area (Å²) in [7, 11) is -4.19. The lowest BCUT2D eigenvalue weighted by molar-refractivity contribution is -0.139. The Morgan fingerprint density at radius 2 is 1.61 bits per heavy atom. The van der Waals surface area contributed by atoms with Crippen LogP contribution in [0.25, 0.3) is 0 Å². The number of sulfonamides is 1. The summed E-state index contributed by atoms with van der Waals surface area (Å²) < 4.78 is 48.0. The Kier molecular flexibility index (Phi) is 11.6. The third-order valence-electron chi connectivity index (χ3n) is 6.34. The van der Waals surface area contributed by atoms with Crippen molar-refractivity contribution in [2.45, 2.75) is 49.6 Å². The Balaban J connectivity index is 2.02. The first-order chi connectivity index (χ1) is 19.6. The number of amides is 2. The molecule has 0 aromatic heterocycles. The van der Waals surface area contributed by atoms with E-state index >= 15 is 0 Å². The van der Waals surface area contributed by atoms with Gasteiger partial charge in [-0.1, -0.05) is 19.1 Å². The van der Waals surface area contributed by atoms with Gasteiger partial charge >= 0.3 is 0 Å². The Morgan fingerprint density at radius 3 is 2.17 bits per heavy atom. The number of benzene rings is 3. The highest BCUT2D eigenvalue weighted by Gasteiger charge is 2.32. The van der Waals surface area contributed by atoms with Gasteiger partial charge in [0, 0.05) is 18.0 Å². The molecule has 0 spiro atoms. The molecule has 11 heteroatoms. The van der Waals surface area contributed by atoms with E-state index in [1.807, 2.05) is 20.1 Å². The maximum absolute atomic E-state index is 13.9. The molecule has 0 fully saturated rings. The van der Waals surface area contributed by atoms with E-state index in [1.54, 1.807) is 43.3 Å². The topological polar surface area (TPSA) is 96.0 Å². The van der Waals surface area contributed by atoms with E-state index < -0.39 is 34.3 Å². The van der Waals surface area contributed by atoms with Crippen molar-refractivity contribution in [2.24, 2.45) is 0 Å². The Morgan fingerprint density at radius 1 is 0.976 bits per heavy atom. The summed E-state index contributed by atoms with van der Waals surface area (Å²) in [5.74, 6) is -0.832. The van der Waals surface area contributed by atoms with Crippen molar-refractivity contribution in [2.75, 3.05) is 30.3 Å². The first kappa shape index (κ1) is 32.0. The maximum atomic E-state index is 13.9. The number of carbonyl (C=O) groups is 2. The molecule has 0 aliphatic rings. The molecule has 1 atom stereocenters. The van der Waals surface area contributed by atoms with Gasteiger partial charge in [0.25, 0.3) is 10.0 Å². The lowest BCUT2D eigenvalue weighted by atomic mass is 10.1. The summed E-state index contributed by atoms with van der Waals surface area (Å²) >= 11 is 1.48. The monoisotopic (exact) mass is 601 g/mol. The van der Waals surface area contributed by atoms with Crippen molar-refractivity contribution in [1.29, 1.82) is 0 Å². The highest BCUT2D eigenvalue weighted by molar-refractivity contribution is 7.98. The molecule has 1 unspecified atom stereocenters. The molecule has 0 aliphatic carbocycles. The van der Waals surface area contributed by atoms with Crippen LogP contribution in [0.15, 0.2) is 82.6 Å². The van der Waals surface area contributed by atoms with Crippen LogP contribution in [0.5, 0.6) is 5.75 Å². The third kappa shape index (κ3) is 8.46. The van der Waals surface area contributed by atoms with Crippen molar-refractivity contribution in [3.63, 3.8) is 0 Å². The molecule has 220 valence electrons. The van der Waals surface area contributed by atoms with Gasteiger partial charge in [-0.25, -0.2) is 12.8 Å². The smallest absolute Gasteiger partial charge is 0.264 e. The minimum atomic E-state index is -4.19. The number of hydrogen-bond donors (Lipinski definition) is 1. The number of halogens is 1. The second kappa shape index (κ2) is 14.9. The van der Waals surface area contributed by atoms with Crippen LogP contribution in [0.2, 0.25) is 0 Å². The van der Waals surface area contributed by atoms with Gasteiger partial charge in [0.1, 0.15) is 24.2 Å². The molecule has 0 heterocycles. The number of carbonyl (C=O) groups excluding carboxylic acids is 2. The fraction of sp³-hybridized carbons (Fsp3) is 0.333. The molecule has 41 heavy (non-hydrogen) atoms. The first-order valence-corrected chi connectivity index (χ1v) is 16.0. The average molecular weight is 602 g/mol. The van der Waals surface area contributed by atoms with Crippen molar-refractivity contribution < 1.29 is 27.1 Å². The maximum Gasteiger partial charge on any atom is 0.264 e. The van der Waals surface area contributed by atoms with Gasteiger partial charge in [0.05, 0.1) is 17.2 Å². The van der Waals surface area contributed by atoms with E-state index in [-0.39, 0.29) is 23.0 Å². The summed E-state index contributed by atoms with van der Waals surface area (Å²) in [6.07, 6.45) is 2.60. The molecule has 0 saturated carbocycles. The van der Waals surface area contributed by atoms with Gasteiger partial charge in [-0.15, -0.1) is 11.8 Å². The van der Waals surface area contributed by atoms with Gasteiger partial charge in [0.2, 0.25) is 11.8 Å². The molecule has 0 saturated heterocycles. The Labute approximate surface area is 245 Å². The molecule has 3 aromatic rings. The highest BCUT2D eigenvalue weighted by atomic mass is 32.2. The standard InChI is InChI=1S/C30H36FN3O5S2/c1-5-19-32-30(36)22(3)33(20-23-7-9-24(31)10-8-23)29(35)21-34(25-11-13-26(14-12-25)39-6-2)41(37,38)28-17-15-27(40-4)16-18-28/h7-18,22H,5-6,19-21H2,1-4H3,(H,32,36). The van der Waals surface area contributed by atoms with Gasteiger partial charge < -0.3 is 15.0 Å². The quantitative estimate of drug-likeness (QED) is 0.259. The zero-order valence-electron chi connectivity index (χ0n) is 23.7. The zero-order valence-corrected chi connectivity index (χ0v) is 25.3. The van der Waals surface area contributed by atoms with E-state index in [2.05, 4.69) is 5.32 Å². The third-order valence-corrected chi connectivity index (χ3v) is 8.88. The molecule has 0 bridgehead atoms. The molecule has 0 radical (unpaired) electrons. The molecule has 3 rings (SSSR count). The van der Waals surface area contributed by atoms with E-state index in [0.29, 0.717) is 30.9 Å². The fourth-order valence-electron chi connectivity index (χ4n) is 4.04. The highest BCUT2D eigenvalue weighted by Crippen LogP contribution is 2.28. The summed E-state index contributed by atoms with van der Waals surface area (Å²) in [4.78, 5) is 29.0. The fourth-order valence-corrected chi connectivity index (χ4v) is 5.87. The average Bonchev–Trinajstić information content (AvgIpc) is 2.98. The molecule has 8 nitrogen and oxygen atoms in total. The second-order valence-corrected chi connectivity index (χ2v) is 12.0. The lowest BCUT2D eigenvalue weighted by Crippen LogP contribution is -2.51. The predicted molar refractivity (Wildman–Crippen MR) is 160 cm³/mol. The molecule has 1 N–H and O–H groups in total. The molecular formula is C30H36FN3O5S2. The summed E-state index contributed by atoms with van der Waals surface area (Å²) in [6, 6.07) is 17.5. The predicted octanol–water partition coefficient (Wildman–Crippen LogP) is 5.09. The summed E-state index contributed by atoms with van der Waals surface area (Å²) in [5, 5.41) is 2.79. The number of rotatable bonds is 14. The Hall–Kier alpha value is -3.57. The van der Waals surface area contributed by atoms with Gasteiger partial charge in [-0.05, 0) is 92.8 Å². The number of thioether (sulfide) groups is 1. The molecule has 3 aromatic carbocycles. The van der Waals surface area contributed by atoms with Crippen LogP contribution in [0.4, 0.5) is 10.1 Å². The van der Waals surface area contributed by atoms with E-state index in [4.69, 9.17) is 4.74 Å². The second-order valence-electron chi connectivity index (χ2n) is 9.23. The number of hydrogen-bond acceptors (Lipinski definition) is 6. The number of nitrogens with one attached hydrogen (secondary N) is 1. The van der Waals surface area contributed by atoms with Crippen LogP contribution < -0.4 is 14.4 Å². The minimum Gasteiger partial charge on any atom is -0.494 e. The van der Waals surface area contributed by atoms with Crippen molar-refractivity contribution in [3.05, 3.63) is 84.2 Å². The molecule has 0 aliphatic heterocycles. The van der Waals surface area contributed by atoms with Crippen LogP contribution in [0.3, 0.4) is 0 Å². The Bertz CT molecular complexity index is 1400. The van der Waals surface area contributed by atoms with Crippen LogP contribution in [0.1, 0.15) is 32.8 Å². The normalized spacial score (nSPS) is 11.9. The summed E-state index contributed by atoms with van der Waals surface area (Å²) in [6.45, 7) is 5.64. The van der Waals surface area contributed by atoms with E-state index in [0.717, 1.165) is 9.20 Å². The van der Waals surface area contributed by atoms with Crippen LogP contribution in [-0.2, 0) is 26.2 Å². The number of ether oxygens (including phenoxy) is 1. The van der Waals surface area contributed by atoms with Crippen LogP contribution in [0, 0.1) is 5.82 Å². The van der Waals surface area contributed by atoms with Gasteiger partial charge in [-0.2, -0.15) is 0 Å². The lowest BCUT2D eigenvalue weighted by Gasteiger charge is -2.32. The number of nitrogens with zero attached hydrogens (tertiary/aromatic N) is 2. The van der Waals surface area contributed by atoms with Crippen LogP contribution >= 0.6 is 11.8 Å². The summed E-state index contributed by atoms with van der Waals surface area (Å²) in [5.41, 5.74) is 0.860. The van der Waals surface area contributed by atoms with Crippen molar-refractivity contribution in [3.8, 4) is 5.75 Å². The minimum absolute atomic E-state index is 0.0145. The number of anilines is 1. The van der Waals surface area contributed by atoms with Gasteiger partial charge in [0.15, 0.2) is 0 Å². The van der Waals surface area contributed by atoms with Gasteiger partial charge in [-0.3, -0.25) is 13.9 Å². The van der Waals surface area contributed by atoms with Crippen molar-refractivity contribution in [1.82, 2.24) is 10.2 Å². The van der Waals surface area contributed by atoms with E-state index in [1.165, 1.54) is 53.1 Å². The molecular weight excluding hydrogens is 565 g/mol. The van der Waals surface area contributed by atoms with Crippen molar-refractivity contribution >= 4 is 39.3 Å².